The molecule has 1 aliphatic heterocycles. The molecule has 0 aliphatic carbocycles. The van der Waals surface area contributed by atoms with Crippen molar-refractivity contribution in [3.63, 3.8) is 0 Å². The second-order valence-corrected chi connectivity index (χ2v) is 7.70. The molecule has 0 saturated carbocycles. The van der Waals surface area contributed by atoms with Crippen LogP contribution in [0.5, 0.6) is 5.75 Å². The smallest absolute Gasteiger partial charge is 0.262 e. The van der Waals surface area contributed by atoms with Crippen molar-refractivity contribution in [1.82, 2.24) is 0 Å². The fourth-order valence-corrected chi connectivity index (χ4v) is 3.90. The summed E-state index contributed by atoms with van der Waals surface area (Å²) in [6, 6.07) is 16.6. The number of rotatable bonds is 6. The average molecular weight is 439 g/mol. The number of fused-ring (bicyclic) bond motifs is 1. The van der Waals surface area contributed by atoms with Crippen LogP contribution in [0.1, 0.15) is 17.3 Å². The molecule has 3 aromatic rings. The fourth-order valence-electron chi connectivity index (χ4n) is 3.62. The summed E-state index contributed by atoms with van der Waals surface area (Å²) in [4.78, 5) is 26.2. The number of halogens is 1. The van der Waals surface area contributed by atoms with E-state index >= 15 is 0 Å². The van der Waals surface area contributed by atoms with Crippen LogP contribution in [-0.2, 0) is 9.53 Å². The SMILES string of the molecule is CC(=O)c1cccc(NC(=O)COc2cc(N3CCOCC3)c3ccccc3c2Cl)c1. The molecule has 4 rings (SSSR count). The summed E-state index contributed by atoms with van der Waals surface area (Å²) in [7, 11) is 0. The van der Waals surface area contributed by atoms with Gasteiger partial charge in [0, 0.05) is 46.9 Å². The van der Waals surface area contributed by atoms with Crippen LogP contribution < -0.4 is 15.0 Å². The first-order chi connectivity index (χ1) is 15.0. The number of Topliss-reactive ketones (excluding diaryl/α,β-unsaturated/α-hetero) is 1. The van der Waals surface area contributed by atoms with Gasteiger partial charge in [-0.05, 0) is 19.1 Å². The number of ether oxygens (including phenoxy) is 2. The van der Waals surface area contributed by atoms with Crippen molar-refractivity contribution in [2.45, 2.75) is 6.92 Å². The third-order valence-electron chi connectivity index (χ3n) is 5.19. The lowest BCUT2D eigenvalue weighted by molar-refractivity contribution is -0.118. The monoisotopic (exact) mass is 438 g/mol. The predicted octanol–water partition coefficient (Wildman–Crippen LogP) is 4.55. The van der Waals surface area contributed by atoms with E-state index in [1.807, 2.05) is 30.3 Å². The molecule has 6 nitrogen and oxygen atoms in total. The van der Waals surface area contributed by atoms with Crippen LogP contribution in [0.15, 0.2) is 54.6 Å². The Labute approximate surface area is 185 Å². The Morgan fingerprint density at radius 2 is 1.81 bits per heavy atom. The number of amides is 1. The molecule has 0 atom stereocenters. The van der Waals surface area contributed by atoms with Crippen LogP contribution >= 0.6 is 11.6 Å². The number of carbonyl (C=O) groups excluding carboxylic acids is 2. The van der Waals surface area contributed by atoms with Crippen LogP contribution in [0.4, 0.5) is 11.4 Å². The average Bonchev–Trinajstić information content (AvgIpc) is 2.79. The summed E-state index contributed by atoms with van der Waals surface area (Å²) in [6.07, 6.45) is 0. The van der Waals surface area contributed by atoms with Crippen LogP contribution in [0.3, 0.4) is 0 Å². The minimum atomic E-state index is -0.335. The second-order valence-electron chi connectivity index (χ2n) is 7.33. The topological polar surface area (TPSA) is 67.9 Å². The number of benzene rings is 3. The number of carbonyl (C=O) groups is 2. The lowest BCUT2D eigenvalue weighted by atomic mass is 10.1. The lowest BCUT2D eigenvalue weighted by Gasteiger charge is -2.30. The number of ketones is 1. The highest BCUT2D eigenvalue weighted by Crippen LogP contribution is 2.39. The largest absolute Gasteiger partial charge is 0.482 e. The predicted molar refractivity (Wildman–Crippen MR) is 123 cm³/mol. The van der Waals surface area contributed by atoms with Gasteiger partial charge >= 0.3 is 0 Å². The van der Waals surface area contributed by atoms with Gasteiger partial charge in [0.25, 0.3) is 5.91 Å². The van der Waals surface area contributed by atoms with E-state index in [1.54, 1.807) is 24.3 Å². The summed E-state index contributed by atoms with van der Waals surface area (Å²) in [5, 5.41) is 5.13. The van der Waals surface area contributed by atoms with E-state index in [4.69, 9.17) is 21.1 Å². The van der Waals surface area contributed by atoms with E-state index in [0.717, 1.165) is 29.5 Å². The number of hydrogen-bond donors (Lipinski definition) is 1. The number of nitrogens with one attached hydrogen (secondary N) is 1. The Morgan fingerprint density at radius 1 is 1.06 bits per heavy atom. The highest BCUT2D eigenvalue weighted by Gasteiger charge is 2.19. The third kappa shape index (κ3) is 4.81. The van der Waals surface area contributed by atoms with Crippen molar-refractivity contribution >= 4 is 45.4 Å². The first-order valence-corrected chi connectivity index (χ1v) is 10.5. The molecule has 0 bridgehead atoms. The molecule has 1 heterocycles. The first kappa shape index (κ1) is 21.2. The first-order valence-electron chi connectivity index (χ1n) is 10.1. The van der Waals surface area contributed by atoms with Crippen molar-refractivity contribution in [2.75, 3.05) is 43.1 Å². The van der Waals surface area contributed by atoms with Crippen molar-refractivity contribution in [3.8, 4) is 5.75 Å². The van der Waals surface area contributed by atoms with Crippen LogP contribution in [0.25, 0.3) is 10.8 Å². The van der Waals surface area contributed by atoms with Gasteiger partial charge in [0.05, 0.1) is 18.2 Å². The molecule has 1 aliphatic rings. The van der Waals surface area contributed by atoms with Gasteiger partial charge in [-0.15, -0.1) is 0 Å². The Bertz CT molecular complexity index is 1130. The summed E-state index contributed by atoms with van der Waals surface area (Å²) in [6.45, 7) is 4.16. The van der Waals surface area contributed by atoms with Gasteiger partial charge in [0.1, 0.15) is 5.75 Å². The lowest BCUT2D eigenvalue weighted by Crippen LogP contribution is -2.36. The Kier molecular flexibility index (Phi) is 6.39. The molecule has 1 fully saturated rings. The molecule has 0 spiro atoms. The molecule has 1 N–H and O–H groups in total. The number of morpholine rings is 1. The maximum atomic E-state index is 12.4. The number of nitrogens with zero attached hydrogens (tertiary/aromatic N) is 1. The van der Waals surface area contributed by atoms with Gasteiger partial charge in [-0.25, -0.2) is 0 Å². The second kappa shape index (κ2) is 9.37. The van der Waals surface area contributed by atoms with Crippen molar-refractivity contribution < 1.29 is 19.1 Å². The summed E-state index contributed by atoms with van der Waals surface area (Å²) >= 11 is 6.61. The maximum absolute atomic E-state index is 12.4. The zero-order valence-electron chi connectivity index (χ0n) is 17.2. The maximum Gasteiger partial charge on any atom is 0.262 e. The molecule has 160 valence electrons. The number of hydrogen-bond acceptors (Lipinski definition) is 5. The zero-order valence-corrected chi connectivity index (χ0v) is 17.9. The van der Waals surface area contributed by atoms with Gasteiger partial charge in [0.2, 0.25) is 0 Å². The molecule has 31 heavy (non-hydrogen) atoms. The standard InChI is InChI=1S/C24H23ClN2O4/c1-16(28)17-5-4-6-18(13-17)26-23(29)15-31-22-14-21(27-9-11-30-12-10-27)19-7-2-3-8-20(19)24(22)25/h2-8,13-14H,9-12,15H2,1H3,(H,26,29). The van der Waals surface area contributed by atoms with Crippen molar-refractivity contribution in [1.29, 1.82) is 0 Å². The zero-order chi connectivity index (χ0) is 21.8. The van der Waals surface area contributed by atoms with Gasteiger partial charge in [-0.3, -0.25) is 9.59 Å². The van der Waals surface area contributed by atoms with Gasteiger partial charge in [0.15, 0.2) is 12.4 Å². The minimum absolute atomic E-state index is 0.0639. The van der Waals surface area contributed by atoms with Crippen molar-refractivity contribution in [3.05, 3.63) is 65.2 Å². The quantitative estimate of drug-likeness (QED) is 0.572. The molecular formula is C24H23ClN2O4. The highest BCUT2D eigenvalue weighted by molar-refractivity contribution is 6.37. The number of anilines is 2. The fraction of sp³-hybridized carbons (Fsp3) is 0.250. The van der Waals surface area contributed by atoms with Crippen LogP contribution in [0, 0.1) is 0 Å². The van der Waals surface area contributed by atoms with Crippen LogP contribution in [0.2, 0.25) is 5.02 Å². The van der Waals surface area contributed by atoms with Gasteiger partial charge in [-0.2, -0.15) is 0 Å². The Hall–Kier alpha value is -3.09. The summed E-state index contributed by atoms with van der Waals surface area (Å²) in [5.41, 5.74) is 2.08. The highest BCUT2D eigenvalue weighted by atomic mass is 35.5. The Morgan fingerprint density at radius 3 is 2.55 bits per heavy atom. The van der Waals surface area contributed by atoms with E-state index in [-0.39, 0.29) is 18.3 Å². The molecule has 0 aromatic heterocycles. The molecule has 1 saturated heterocycles. The van der Waals surface area contributed by atoms with Gasteiger partial charge < -0.3 is 19.7 Å². The molecule has 7 heteroatoms. The molecule has 1 amide bonds. The Balaban J connectivity index is 1.54. The van der Waals surface area contributed by atoms with E-state index in [9.17, 15) is 9.59 Å². The van der Waals surface area contributed by atoms with Crippen molar-refractivity contribution in [2.24, 2.45) is 0 Å². The van der Waals surface area contributed by atoms with E-state index in [0.29, 0.717) is 35.2 Å². The normalized spacial score (nSPS) is 13.8. The minimum Gasteiger partial charge on any atom is -0.482 e. The van der Waals surface area contributed by atoms with Gasteiger partial charge in [-0.1, -0.05) is 48.0 Å². The third-order valence-corrected chi connectivity index (χ3v) is 5.58. The summed E-state index contributed by atoms with van der Waals surface area (Å²) < 4.78 is 11.3. The molecule has 0 radical (unpaired) electrons. The van der Waals surface area contributed by atoms with E-state index in [1.165, 1.54) is 6.92 Å². The molecule has 3 aromatic carbocycles. The van der Waals surface area contributed by atoms with Crippen LogP contribution in [-0.4, -0.2) is 44.6 Å². The molecular weight excluding hydrogens is 416 g/mol. The van der Waals surface area contributed by atoms with E-state index < -0.39 is 0 Å². The summed E-state index contributed by atoms with van der Waals surface area (Å²) in [5.74, 6) is 0.0540. The van der Waals surface area contributed by atoms with E-state index in [2.05, 4.69) is 10.2 Å². The molecule has 0 unspecified atom stereocenters.